The third-order valence-corrected chi connectivity index (χ3v) is 2.85. The van der Waals surface area contributed by atoms with Crippen molar-refractivity contribution >= 4 is 0 Å². The molecule has 0 bridgehead atoms. The summed E-state index contributed by atoms with van der Waals surface area (Å²) in [5.41, 5.74) is 2.57. The van der Waals surface area contributed by atoms with E-state index in [1.165, 1.54) is 11.1 Å². The molecule has 1 atom stereocenters. The summed E-state index contributed by atoms with van der Waals surface area (Å²) in [5, 5.41) is 0. The fourth-order valence-electron chi connectivity index (χ4n) is 2.02. The van der Waals surface area contributed by atoms with Gasteiger partial charge >= 0.3 is 0 Å². The summed E-state index contributed by atoms with van der Waals surface area (Å²) in [6.07, 6.45) is 2.00. The maximum absolute atomic E-state index is 5.88. The summed E-state index contributed by atoms with van der Waals surface area (Å²) in [7, 11) is 0. The number of aryl methyl sites for hydroxylation is 2. The van der Waals surface area contributed by atoms with Crippen LogP contribution in [0.5, 0.6) is 5.75 Å². The minimum absolute atomic E-state index is 0.00940. The number of fused-ring (bicyclic) bond motifs is 1. The lowest BCUT2D eigenvalue weighted by atomic mass is 10.00. The topological polar surface area (TPSA) is 18.5 Å². The van der Waals surface area contributed by atoms with Crippen molar-refractivity contribution < 1.29 is 9.47 Å². The molecule has 2 nitrogen and oxygen atoms in total. The summed E-state index contributed by atoms with van der Waals surface area (Å²) in [6.45, 7) is 8.63. The van der Waals surface area contributed by atoms with Gasteiger partial charge in [-0.3, -0.25) is 0 Å². The van der Waals surface area contributed by atoms with E-state index in [1.807, 2.05) is 13.0 Å². The van der Waals surface area contributed by atoms with E-state index in [-0.39, 0.29) is 6.10 Å². The summed E-state index contributed by atoms with van der Waals surface area (Å²) in [6, 6.07) is 6.30. The molecule has 1 aliphatic rings. The number of hydrogen-bond acceptors (Lipinski definition) is 2. The van der Waals surface area contributed by atoms with E-state index in [4.69, 9.17) is 9.47 Å². The van der Waals surface area contributed by atoms with Crippen LogP contribution in [0.25, 0.3) is 0 Å². The lowest BCUT2D eigenvalue weighted by Crippen LogP contribution is -2.25. The van der Waals surface area contributed by atoms with Gasteiger partial charge < -0.3 is 9.47 Å². The fourth-order valence-corrected chi connectivity index (χ4v) is 2.02. The summed E-state index contributed by atoms with van der Waals surface area (Å²) >= 11 is 0. The van der Waals surface area contributed by atoms with E-state index in [0.29, 0.717) is 6.61 Å². The van der Waals surface area contributed by atoms with Gasteiger partial charge in [-0.05, 0) is 38.3 Å². The highest BCUT2D eigenvalue weighted by Crippen LogP contribution is 2.30. The second-order valence-corrected chi connectivity index (χ2v) is 4.16. The van der Waals surface area contributed by atoms with Crippen molar-refractivity contribution in [3.05, 3.63) is 41.7 Å². The zero-order chi connectivity index (χ0) is 11.5. The molecule has 1 unspecified atom stereocenters. The number of ether oxygens (including phenoxy) is 2. The minimum Gasteiger partial charge on any atom is -0.495 e. The first-order chi connectivity index (χ1) is 7.70. The van der Waals surface area contributed by atoms with Crippen LogP contribution >= 0.6 is 0 Å². The molecule has 2 heteroatoms. The highest BCUT2D eigenvalue weighted by atomic mass is 16.5. The molecule has 0 fully saturated rings. The van der Waals surface area contributed by atoms with Gasteiger partial charge in [0, 0.05) is 0 Å². The Morgan fingerprint density at radius 3 is 3.12 bits per heavy atom. The van der Waals surface area contributed by atoms with Gasteiger partial charge in [0.15, 0.2) is 6.10 Å². The van der Waals surface area contributed by atoms with Gasteiger partial charge in [-0.2, -0.15) is 0 Å². The molecule has 86 valence electrons. The van der Waals surface area contributed by atoms with Crippen molar-refractivity contribution in [3.8, 4) is 5.75 Å². The zero-order valence-corrected chi connectivity index (χ0v) is 9.95. The summed E-state index contributed by atoms with van der Waals surface area (Å²) < 4.78 is 11.3. The van der Waals surface area contributed by atoms with Crippen molar-refractivity contribution in [1.29, 1.82) is 0 Å². The Morgan fingerprint density at radius 1 is 1.56 bits per heavy atom. The van der Waals surface area contributed by atoms with E-state index < -0.39 is 0 Å². The Kier molecular flexibility index (Phi) is 3.18. The van der Waals surface area contributed by atoms with Crippen molar-refractivity contribution in [2.45, 2.75) is 32.8 Å². The molecule has 1 heterocycles. The zero-order valence-electron chi connectivity index (χ0n) is 9.95. The molecule has 0 saturated carbocycles. The van der Waals surface area contributed by atoms with Gasteiger partial charge in [0.05, 0.1) is 6.61 Å². The average Bonchev–Trinajstić information content (AvgIpc) is 2.28. The standard InChI is InChI=1S/C14H18O2/c1-4-15-11(3)13-8-6-12-9-10(2)5-7-14(12)16-13/h5,7,9,13H,3-4,6,8H2,1-2H3. The smallest absolute Gasteiger partial charge is 0.155 e. The molecule has 0 saturated heterocycles. The first-order valence-corrected chi connectivity index (χ1v) is 5.78. The molecule has 1 aromatic carbocycles. The highest BCUT2D eigenvalue weighted by Gasteiger charge is 2.22. The number of benzene rings is 1. The van der Waals surface area contributed by atoms with E-state index in [2.05, 4.69) is 25.6 Å². The fraction of sp³-hybridized carbons (Fsp3) is 0.429. The van der Waals surface area contributed by atoms with Crippen LogP contribution in [0.1, 0.15) is 24.5 Å². The lowest BCUT2D eigenvalue weighted by Gasteiger charge is -2.27. The van der Waals surface area contributed by atoms with Crippen LogP contribution in [0.3, 0.4) is 0 Å². The third-order valence-electron chi connectivity index (χ3n) is 2.85. The minimum atomic E-state index is 0.00940. The molecule has 0 N–H and O–H groups in total. The van der Waals surface area contributed by atoms with Gasteiger partial charge in [0.25, 0.3) is 0 Å². The van der Waals surface area contributed by atoms with E-state index in [0.717, 1.165) is 24.4 Å². The first kappa shape index (κ1) is 11.1. The van der Waals surface area contributed by atoms with Crippen LogP contribution in [0.4, 0.5) is 0 Å². The molecule has 0 radical (unpaired) electrons. The Bertz CT molecular complexity index is 396. The van der Waals surface area contributed by atoms with Crippen LogP contribution in [-0.2, 0) is 11.2 Å². The Labute approximate surface area is 96.9 Å². The van der Waals surface area contributed by atoms with Crippen LogP contribution in [0, 0.1) is 6.92 Å². The maximum Gasteiger partial charge on any atom is 0.155 e. The molecular weight excluding hydrogens is 200 g/mol. The number of rotatable bonds is 3. The molecule has 0 aromatic heterocycles. The van der Waals surface area contributed by atoms with E-state index in [1.54, 1.807) is 0 Å². The van der Waals surface area contributed by atoms with Crippen molar-refractivity contribution in [2.24, 2.45) is 0 Å². The average molecular weight is 218 g/mol. The normalized spacial score (nSPS) is 18.5. The van der Waals surface area contributed by atoms with E-state index in [9.17, 15) is 0 Å². The Balaban J connectivity index is 2.12. The van der Waals surface area contributed by atoms with Crippen molar-refractivity contribution in [2.75, 3.05) is 6.61 Å². The second-order valence-electron chi connectivity index (χ2n) is 4.16. The van der Waals surface area contributed by atoms with Crippen LogP contribution in [0.2, 0.25) is 0 Å². The molecule has 0 aliphatic carbocycles. The summed E-state index contributed by atoms with van der Waals surface area (Å²) in [5.74, 6) is 1.72. The highest BCUT2D eigenvalue weighted by molar-refractivity contribution is 5.39. The molecule has 16 heavy (non-hydrogen) atoms. The summed E-state index contributed by atoms with van der Waals surface area (Å²) in [4.78, 5) is 0. The van der Waals surface area contributed by atoms with Gasteiger partial charge in [-0.25, -0.2) is 0 Å². The second kappa shape index (κ2) is 4.60. The largest absolute Gasteiger partial charge is 0.495 e. The lowest BCUT2D eigenvalue weighted by molar-refractivity contribution is 0.111. The number of hydrogen-bond donors (Lipinski definition) is 0. The van der Waals surface area contributed by atoms with Gasteiger partial charge in [0.1, 0.15) is 11.5 Å². The maximum atomic E-state index is 5.88. The molecule has 0 amide bonds. The van der Waals surface area contributed by atoms with Gasteiger partial charge in [0.2, 0.25) is 0 Å². The predicted octanol–water partition coefficient (Wildman–Crippen LogP) is 3.24. The Hall–Kier alpha value is -1.44. The van der Waals surface area contributed by atoms with Crippen molar-refractivity contribution in [3.63, 3.8) is 0 Å². The predicted molar refractivity (Wildman–Crippen MR) is 64.7 cm³/mol. The third kappa shape index (κ3) is 2.21. The molecule has 1 aliphatic heterocycles. The molecule has 0 spiro atoms. The molecule has 1 aromatic rings. The van der Waals surface area contributed by atoms with Crippen LogP contribution < -0.4 is 4.74 Å². The quantitative estimate of drug-likeness (QED) is 0.725. The SMILES string of the molecule is C=C(OCC)C1CCc2cc(C)ccc2O1. The van der Waals surface area contributed by atoms with Crippen LogP contribution in [-0.4, -0.2) is 12.7 Å². The van der Waals surface area contributed by atoms with Gasteiger partial charge in [-0.15, -0.1) is 0 Å². The van der Waals surface area contributed by atoms with E-state index >= 15 is 0 Å². The Morgan fingerprint density at radius 2 is 2.38 bits per heavy atom. The molecule has 2 rings (SSSR count). The van der Waals surface area contributed by atoms with Crippen molar-refractivity contribution in [1.82, 2.24) is 0 Å². The van der Waals surface area contributed by atoms with Gasteiger partial charge in [-0.1, -0.05) is 24.3 Å². The monoisotopic (exact) mass is 218 g/mol. The van der Waals surface area contributed by atoms with Crippen LogP contribution in [0.15, 0.2) is 30.5 Å². The molecular formula is C14H18O2. The first-order valence-electron chi connectivity index (χ1n) is 5.78.